The SMILES string of the molecule is CN(C)c1ccc(C(=O)N2CCN(c3ccccc3)CC2)cc1. The summed E-state index contributed by atoms with van der Waals surface area (Å²) in [7, 11) is 4.00. The maximum atomic E-state index is 12.6. The van der Waals surface area contributed by atoms with Crippen LogP contribution in [0.4, 0.5) is 11.4 Å². The first kappa shape index (κ1) is 15.4. The molecule has 1 saturated heterocycles. The second-order valence-electron chi connectivity index (χ2n) is 6.06. The molecule has 1 fully saturated rings. The van der Waals surface area contributed by atoms with Crippen molar-refractivity contribution in [2.24, 2.45) is 0 Å². The van der Waals surface area contributed by atoms with Gasteiger partial charge in [0.05, 0.1) is 0 Å². The highest BCUT2D eigenvalue weighted by Crippen LogP contribution is 2.18. The first-order chi connectivity index (χ1) is 11.1. The smallest absolute Gasteiger partial charge is 0.253 e. The van der Waals surface area contributed by atoms with Crippen LogP contribution in [0.3, 0.4) is 0 Å². The van der Waals surface area contributed by atoms with Crippen LogP contribution in [0.15, 0.2) is 54.6 Å². The number of hydrogen-bond acceptors (Lipinski definition) is 3. The number of nitrogens with zero attached hydrogens (tertiary/aromatic N) is 3. The van der Waals surface area contributed by atoms with Crippen molar-refractivity contribution in [3.8, 4) is 0 Å². The van der Waals surface area contributed by atoms with E-state index in [1.54, 1.807) is 0 Å². The molecule has 1 aliphatic rings. The molecule has 0 radical (unpaired) electrons. The van der Waals surface area contributed by atoms with Gasteiger partial charge >= 0.3 is 0 Å². The lowest BCUT2D eigenvalue weighted by Gasteiger charge is -2.36. The van der Waals surface area contributed by atoms with E-state index in [-0.39, 0.29) is 5.91 Å². The van der Waals surface area contributed by atoms with Crippen molar-refractivity contribution in [2.45, 2.75) is 0 Å². The summed E-state index contributed by atoms with van der Waals surface area (Å²) in [6.07, 6.45) is 0. The van der Waals surface area contributed by atoms with Crippen LogP contribution < -0.4 is 9.80 Å². The zero-order chi connectivity index (χ0) is 16.2. The van der Waals surface area contributed by atoms with Gasteiger partial charge in [-0.15, -0.1) is 0 Å². The van der Waals surface area contributed by atoms with Crippen LogP contribution in [-0.2, 0) is 0 Å². The Morgan fingerprint density at radius 1 is 0.870 bits per heavy atom. The van der Waals surface area contributed by atoms with E-state index in [0.717, 1.165) is 37.4 Å². The summed E-state index contributed by atoms with van der Waals surface area (Å²) in [5, 5.41) is 0. The molecule has 23 heavy (non-hydrogen) atoms. The van der Waals surface area contributed by atoms with Crippen LogP contribution in [0.25, 0.3) is 0 Å². The Morgan fingerprint density at radius 3 is 2.04 bits per heavy atom. The molecular weight excluding hydrogens is 286 g/mol. The molecule has 1 aliphatic heterocycles. The molecule has 0 N–H and O–H groups in total. The number of rotatable bonds is 3. The quantitative estimate of drug-likeness (QED) is 0.872. The van der Waals surface area contributed by atoms with Crippen molar-refractivity contribution in [1.82, 2.24) is 4.90 Å². The predicted octanol–water partition coefficient (Wildman–Crippen LogP) is 2.72. The normalized spacial score (nSPS) is 14.7. The fraction of sp³-hybridized carbons (Fsp3) is 0.316. The molecule has 0 atom stereocenters. The highest BCUT2D eigenvalue weighted by Gasteiger charge is 2.22. The Bertz CT molecular complexity index is 644. The third-order valence-electron chi connectivity index (χ3n) is 4.32. The van der Waals surface area contributed by atoms with Crippen LogP contribution in [0.5, 0.6) is 0 Å². The fourth-order valence-electron chi connectivity index (χ4n) is 2.89. The predicted molar refractivity (Wildman–Crippen MR) is 95.3 cm³/mol. The number of carbonyl (C=O) groups is 1. The number of hydrogen-bond donors (Lipinski definition) is 0. The molecular formula is C19H23N3O. The Morgan fingerprint density at radius 2 is 1.48 bits per heavy atom. The number of carbonyl (C=O) groups excluding carboxylic acids is 1. The second kappa shape index (κ2) is 6.73. The Balaban J connectivity index is 1.62. The van der Waals surface area contributed by atoms with Crippen molar-refractivity contribution in [1.29, 1.82) is 0 Å². The summed E-state index contributed by atoms with van der Waals surface area (Å²) in [6.45, 7) is 3.30. The van der Waals surface area contributed by atoms with Crippen molar-refractivity contribution < 1.29 is 4.79 Å². The standard InChI is InChI=1S/C19H23N3O/c1-20(2)17-10-8-16(9-11-17)19(23)22-14-12-21(13-15-22)18-6-4-3-5-7-18/h3-11H,12-15H2,1-2H3. The molecule has 0 unspecified atom stereocenters. The molecule has 1 amide bonds. The third kappa shape index (κ3) is 3.47. The number of para-hydroxylation sites is 1. The molecule has 0 saturated carbocycles. The minimum absolute atomic E-state index is 0.128. The lowest BCUT2D eigenvalue weighted by Crippen LogP contribution is -2.48. The third-order valence-corrected chi connectivity index (χ3v) is 4.32. The second-order valence-corrected chi connectivity index (χ2v) is 6.06. The van der Waals surface area contributed by atoms with E-state index in [9.17, 15) is 4.79 Å². The van der Waals surface area contributed by atoms with Crippen LogP contribution in [0.2, 0.25) is 0 Å². The highest BCUT2D eigenvalue weighted by molar-refractivity contribution is 5.94. The minimum atomic E-state index is 0.128. The van der Waals surface area contributed by atoms with Gasteiger partial charge in [-0.1, -0.05) is 18.2 Å². The van der Waals surface area contributed by atoms with Gasteiger partial charge in [-0.3, -0.25) is 4.79 Å². The molecule has 0 bridgehead atoms. The van der Waals surface area contributed by atoms with Gasteiger partial charge < -0.3 is 14.7 Å². The van der Waals surface area contributed by atoms with Gasteiger partial charge in [0, 0.05) is 57.2 Å². The molecule has 0 spiro atoms. The van der Waals surface area contributed by atoms with Crippen molar-refractivity contribution >= 4 is 17.3 Å². The Labute approximate surface area is 137 Å². The van der Waals surface area contributed by atoms with Gasteiger partial charge in [0.25, 0.3) is 5.91 Å². The summed E-state index contributed by atoms with van der Waals surface area (Å²) >= 11 is 0. The first-order valence-corrected chi connectivity index (χ1v) is 8.02. The van der Waals surface area contributed by atoms with Gasteiger partial charge in [0.1, 0.15) is 0 Å². The van der Waals surface area contributed by atoms with E-state index < -0.39 is 0 Å². The fourth-order valence-corrected chi connectivity index (χ4v) is 2.89. The molecule has 3 rings (SSSR count). The molecule has 2 aromatic rings. The maximum absolute atomic E-state index is 12.6. The summed E-state index contributed by atoms with van der Waals surface area (Å²) in [6, 6.07) is 18.2. The molecule has 1 heterocycles. The highest BCUT2D eigenvalue weighted by atomic mass is 16.2. The topological polar surface area (TPSA) is 26.8 Å². The lowest BCUT2D eigenvalue weighted by molar-refractivity contribution is 0.0747. The van der Waals surface area contributed by atoms with Crippen LogP contribution in [0, 0.1) is 0 Å². The van der Waals surface area contributed by atoms with E-state index in [2.05, 4.69) is 29.2 Å². The van der Waals surface area contributed by atoms with E-state index in [0.29, 0.717) is 0 Å². The number of benzene rings is 2. The summed E-state index contributed by atoms with van der Waals surface area (Å²) in [4.78, 5) is 18.9. The van der Waals surface area contributed by atoms with Crippen LogP contribution in [0.1, 0.15) is 10.4 Å². The van der Waals surface area contributed by atoms with Gasteiger partial charge in [0.15, 0.2) is 0 Å². The summed E-state index contributed by atoms with van der Waals surface area (Å²) in [5.74, 6) is 0.128. The van der Waals surface area contributed by atoms with E-state index in [1.807, 2.05) is 54.2 Å². The molecule has 2 aromatic carbocycles. The van der Waals surface area contributed by atoms with Gasteiger partial charge in [-0.25, -0.2) is 0 Å². The molecule has 4 nitrogen and oxygen atoms in total. The largest absolute Gasteiger partial charge is 0.378 e. The van der Waals surface area contributed by atoms with Crippen molar-refractivity contribution in [3.63, 3.8) is 0 Å². The van der Waals surface area contributed by atoms with E-state index in [1.165, 1.54) is 5.69 Å². The van der Waals surface area contributed by atoms with Crippen molar-refractivity contribution in [3.05, 3.63) is 60.2 Å². The zero-order valence-corrected chi connectivity index (χ0v) is 13.8. The van der Waals surface area contributed by atoms with Gasteiger partial charge in [-0.05, 0) is 36.4 Å². The average Bonchev–Trinajstić information content (AvgIpc) is 2.62. The summed E-state index contributed by atoms with van der Waals surface area (Å²) in [5.41, 5.74) is 3.11. The Kier molecular flexibility index (Phi) is 4.51. The van der Waals surface area contributed by atoms with Gasteiger partial charge in [-0.2, -0.15) is 0 Å². The average molecular weight is 309 g/mol. The molecule has 4 heteroatoms. The Hall–Kier alpha value is -2.49. The lowest BCUT2D eigenvalue weighted by atomic mass is 10.1. The van der Waals surface area contributed by atoms with E-state index in [4.69, 9.17) is 0 Å². The van der Waals surface area contributed by atoms with Crippen LogP contribution in [-0.4, -0.2) is 51.1 Å². The van der Waals surface area contributed by atoms with Crippen LogP contribution >= 0.6 is 0 Å². The molecule has 0 aromatic heterocycles. The monoisotopic (exact) mass is 309 g/mol. The van der Waals surface area contributed by atoms with E-state index >= 15 is 0 Å². The summed E-state index contributed by atoms with van der Waals surface area (Å²) < 4.78 is 0. The molecule has 120 valence electrons. The number of amides is 1. The zero-order valence-electron chi connectivity index (χ0n) is 13.8. The van der Waals surface area contributed by atoms with Gasteiger partial charge in [0.2, 0.25) is 0 Å². The maximum Gasteiger partial charge on any atom is 0.253 e. The number of piperazine rings is 1. The minimum Gasteiger partial charge on any atom is -0.378 e. The number of anilines is 2. The first-order valence-electron chi connectivity index (χ1n) is 8.02. The molecule has 0 aliphatic carbocycles. The van der Waals surface area contributed by atoms with Crippen molar-refractivity contribution in [2.75, 3.05) is 50.1 Å².